The zero-order valence-corrected chi connectivity index (χ0v) is 5.23. The summed E-state index contributed by atoms with van der Waals surface area (Å²) in [6.07, 6.45) is 0. The molecule has 0 aliphatic carbocycles. The van der Waals surface area contributed by atoms with E-state index in [9.17, 15) is 4.79 Å². The SMILES string of the molecule is CC.O=C1CNCO1. The number of nitrogens with one attached hydrogen (secondary N) is 1. The summed E-state index contributed by atoms with van der Waals surface area (Å²) >= 11 is 0. The molecule has 48 valence electrons. The molecule has 1 rings (SSSR count). The number of cyclic esters (lactones) is 1. The molecule has 3 heteroatoms. The molecule has 8 heavy (non-hydrogen) atoms. The Bertz CT molecular complexity index is 64.8. The topological polar surface area (TPSA) is 38.3 Å². The van der Waals surface area contributed by atoms with E-state index in [1.807, 2.05) is 13.8 Å². The Balaban J connectivity index is 0.000000222. The molecular formula is C5H11NO2. The van der Waals surface area contributed by atoms with Crippen LogP contribution in [-0.2, 0) is 9.53 Å². The third-order valence-electron chi connectivity index (χ3n) is 0.605. The third kappa shape index (κ3) is 2.58. The maximum Gasteiger partial charge on any atom is 0.321 e. The van der Waals surface area contributed by atoms with Crippen LogP contribution in [0.5, 0.6) is 0 Å². The van der Waals surface area contributed by atoms with Gasteiger partial charge in [-0.05, 0) is 0 Å². The second-order valence-corrected chi connectivity index (χ2v) is 1.09. The van der Waals surface area contributed by atoms with Gasteiger partial charge in [0, 0.05) is 0 Å². The molecular weight excluding hydrogens is 106 g/mol. The molecule has 0 saturated carbocycles. The van der Waals surface area contributed by atoms with Crippen molar-refractivity contribution < 1.29 is 9.53 Å². The summed E-state index contributed by atoms with van der Waals surface area (Å²) in [7, 11) is 0. The van der Waals surface area contributed by atoms with Crippen LogP contribution in [0.2, 0.25) is 0 Å². The lowest BCUT2D eigenvalue weighted by molar-refractivity contribution is -0.136. The minimum atomic E-state index is -0.157. The summed E-state index contributed by atoms with van der Waals surface area (Å²) in [5.74, 6) is -0.157. The van der Waals surface area contributed by atoms with Crippen molar-refractivity contribution in [2.75, 3.05) is 13.3 Å². The molecule has 0 spiro atoms. The molecule has 0 amide bonds. The van der Waals surface area contributed by atoms with Gasteiger partial charge in [-0.3, -0.25) is 10.1 Å². The number of rotatable bonds is 0. The van der Waals surface area contributed by atoms with E-state index in [4.69, 9.17) is 0 Å². The summed E-state index contributed by atoms with van der Waals surface area (Å²) < 4.78 is 4.40. The minimum absolute atomic E-state index is 0.157. The van der Waals surface area contributed by atoms with Gasteiger partial charge in [0.2, 0.25) is 0 Å². The van der Waals surface area contributed by atoms with Crippen molar-refractivity contribution in [2.45, 2.75) is 13.8 Å². The molecule has 0 unspecified atom stereocenters. The molecule has 0 radical (unpaired) electrons. The minimum Gasteiger partial charge on any atom is -0.449 e. The van der Waals surface area contributed by atoms with Crippen LogP contribution in [0.15, 0.2) is 0 Å². The van der Waals surface area contributed by atoms with Gasteiger partial charge in [-0.15, -0.1) is 0 Å². The number of hydrogen-bond acceptors (Lipinski definition) is 3. The molecule has 1 aliphatic heterocycles. The Hall–Kier alpha value is -0.570. The van der Waals surface area contributed by atoms with Crippen molar-refractivity contribution in [1.82, 2.24) is 5.32 Å². The van der Waals surface area contributed by atoms with Gasteiger partial charge >= 0.3 is 5.97 Å². The van der Waals surface area contributed by atoms with Crippen molar-refractivity contribution in [2.24, 2.45) is 0 Å². The Morgan fingerprint density at radius 3 is 2.38 bits per heavy atom. The van der Waals surface area contributed by atoms with Crippen LogP contribution < -0.4 is 5.32 Å². The van der Waals surface area contributed by atoms with Crippen LogP contribution in [0.3, 0.4) is 0 Å². The molecule has 1 N–H and O–H groups in total. The normalized spacial score (nSPS) is 16.5. The Kier molecular flexibility index (Phi) is 4.26. The number of hydrogen-bond donors (Lipinski definition) is 1. The molecule has 0 aromatic heterocycles. The van der Waals surface area contributed by atoms with Crippen LogP contribution in [0.4, 0.5) is 0 Å². The van der Waals surface area contributed by atoms with Gasteiger partial charge in [0.1, 0.15) is 6.73 Å². The number of esters is 1. The summed E-state index contributed by atoms with van der Waals surface area (Å²) in [6, 6.07) is 0. The van der Waals surface area contributed by atoms with Gasteiger partial charge in [-0.25, -0.2) is 0 Å². The maximum atomic E-state index is 9.96. The molecule has 1 heterocycles. The molecule has 0 atom stereocenters. The van der Waals surface area contributed by atoms with Crippen LogP contribution >= 0.6 is 0 Å². The van der Waals surface area contributed by atoms with Gasteiger partial charge in [0.15, 0.2) is 0 Å². The van der Waals surface area contributed by atoms with E-state index in [0.717, 1.165) is 0 Å². The van der Waals surface area contributed by atoms with Crippen molar-refractivity contribution in [1.29, 1.82) is 0 Å². The Labute approximate surface area is 49.0 Å². The first-order valence-electron chi connectivity index (χ1n) is 2.76. The smallest absolute Gasteiger partial charge is 0.321 e. The number of ether oxygens (including phenoxy) is 1. The second-order valence-electron chi connectivity index (χ2n) is 1.09. The number of carbonyl (C=O) groups is 1. The number of carbonyl (C=O) groups excluding carboxylic acids is 1. The van der Waals surface area contributed by atoms with Gasteiger partial charge in [-0.1, -0.05) is 13.8 Å². The van der Waals surface area contributed by atoms with Crippen molar-refractivity contribution >= 4 is 5.97 Å². The standard InChI is InChI=1S/C3H5NO2.C2H6/c5-3-1-4-2-6-3;1-2/h4H,1-2H2;1-2H3. The van der Waals surface area contributed by atoms with E-state index in [2.05, 4.69) is 10.1 Å². The van der Waals surface area contributed by atoms with E-state index >= 15 is 0 Å². The lowest BCUT2D eigenvalue weighted by atomic mass is 10.7. The molecule has 3 nitrogen and oxygen atoms in total. The maximum absolute atomic E-state index is 9.96. The van der Waals surface area contributed by atoms with Crippen LogP contribution in [-0.4, -0.2) is 19.2 Å². The van der Waals surface area contributed by atoms with Crippen LogP contribution in [0.1, 0.15) is 13.8 Å². The predicted octanol–water partition coefficient (Wildman–Crippen LogP) is 0.116. The fourth-order valence-electron chi connectivity index (χ4n) is 0.336. The predicted molar refractivity (Wildman–Crippen MR) is 30.3 cm³/mol. The van der Waals surface area contributed by atoms with Gasteiger partial charge in [0.05, 0.1) is 6.54 Å². The van der Waals surface area contributed by atoms with Crippen molar-refractivity contribution in [3.8, 4) is 0 Å². The Morgan fingerprint density at radius 2 is 2.25 bits per heavy atom. The molecule has 0 bridgehead atoms. The summed E-state index contributed by atoms with van der Waals surface area (Å²) in [5.41, 5.74) is 0. The molecule has 1 fully saturated rings. The van der Waals surface area contributed by atoms with Gasteiger partial charge in [0.25, 0.3) is 0 Å². The van der Waals surface area contributed by atoms with E-state index in [0.29, 0.717) is 13.3 Å². The van der Waals surface area contributed by atoms with Crippen LogP contribution in [0, 0.1) is 0 Å². The molecule has 1 aliphatic rings. The lowest BCUT2D eigenvalue weighted by Gasteiger charge is -1.79. The molecule has 0 aromatic rings. The monoisotopic (exact) mass is 117 g/mol. The largest absolute Gasteiger partial charge is 0.449 e. The first-order chi connectivity index (χ1) is 3.89. The quantitative estimate of drug-likeness (QED) is 0.458. The molecule has 0 aromatic carbocycles. The average Bonchev–Trinajstić information content (AvgIpc) is 2.24. The average molecular weight is 117 g/mol. The van der Waals surface area contributed by atoms with Gasteiger partial charge in [-0.2, -0.15) is 0 Å². The van der Waals surface area contributed by atoms with Crippen molar-refractivity contribution in [3.63, 3.8) is 0 Å². The van der Waals surface area contributed by atoms with Crippen molar-refractivity contribution in [3.05, 3.63) is 0 Å². The zero-order chi connectivity index (χ0) is 6.41. The molecule has 1 saturated heterocycles. The fraction of sp³-hybridized carbons (Fsp3) is 0.800. The summed E-state index contributed by atoms with van der Waals surface area (Å²) in [4.78, 5) is 9.96. The first-order valence-corrected chi connectivity index (χ1v) is 2.76. The highest BCUT2D eigenvalue weighted by atomic mass is 16.6. The van der Waals surface area contributed by atoms with Crippen LogP contribution in [0.25, 0.3) is 0 Å². The highest BCUT2D eigenvalue weighted by Gasteiger charge is 2.06. The lowest BCUT2D eigenvalue weighted by Crippen LogP contribution is -2.07. The van der Waals surface area contributed by atoms with E-state index in [-0.39, 0.29) is 5.97 Å². The summed E-state index contributed by atoms with van der Waals surface area (Å²) in [6.45, 7) is 4.76. The van der Waals surface area contributed by atoms with E-state index < -0.39 is 0 Å². The van der Waals surface area contributed by atoms with E-state index in [1.54, 1.807) is 0 Å². The highest BCUT2D eigenvalue weighted by Crippen LogP contribution is 1.79. The Morgan fingerprint density at radius 1 is 1.62 bits per heavy atom. The third-order valence-corrected chi connectivity index (χ3v) is 0.605. The highest BCUT2D eigenvalue weighted by molar-refractivity contribution is 5.72. The zero-order valence-electron chi connectivity index (χ0n) is 5.23. The summed E-state index contributed by atoms with van der Waals surface area (Å²) in [5, 5.41) is 2.70. The fourth-order valence-corrected chi connectivity index (χ4v) is 0.336. The second kappa shape index (κ2) is 4.59. The van der Waals surface area contributed by atoms with E-state index in [1.165, 1.54) is 0 Å². The first kappa shape index (κ1) is 7.43. The van der Waals surface area contributed by atoms with Gasteiger partial charge < -0.3 is 4.74 Å².